The summed E-state index contributed by atoms with van der Waals surface area (Å²) in [6.45, 7) is 0.378. The molecule has 3 nitrogen and oxygen atoms in total. The lowest BCUT2D eigenvalue weighted by atomic mass is 10.1. The van der Waals surface area contributed by atoms with Crippen LogP contribution in [0.15, 0.2) is 53.3 Å². The van der Waals surface area contributed by atoms with Crippen molar-refractivity contribution in [1.82, 2.24) is 9.97 Å². The van der Waals surface area contributed by atoms with Gasteiger partial charge in [-0.2, -0.15) is 0 Å². The first-order valence-corrected chi connectivity index (χ1v) is 8.50. The number of ether oxygens (including phenoxy) is 1. The fourth-order valence-corrected chi connectivity index (χ4v) is 3.07. The standard InChI is InChI=1S/C17H13BrCl2N2O/c18-13-2-4-16(12(7-13)8-17-21-5-6-22-17)23-10-11-1-3-14(19)9-15(11)20/h1-7,9H,8,10H2,(H,21,22). The molecule has 23 heavy (non-hydrogen) atoms. The Bertz CT molecular complexity index is 806. The van der Waals surface area contributed by atoms with Crippen LogP contribution in [0.5, 0.6) is 5.75 Å². The Kier molecular flexibility index (Phi) is 5.26. The van der Waals surface area contributed by atoms with Crippen molar-refractivity contribution in [2.24, 2.45) is 0 Å². The lowest BCUT2D eigenvalue weighted by Crippen LogP contribution is -2.01. The summed E-state index contributed by atoms with van der Waals surface area (Å²) < 4.78 is 6.95. The van der Waals surface area contributed by atoms with Gasteiger partial charge < -0.3 is 9.72 Å². The topological polar surface area (TPSA) is 37.9 Å². The highest BCUT2D eigenvalue weighted by molar-refractivity contribution is 9.10. The second-order valence-corrected chi connectivity index (χ2v) is 6.75. The van der Waals surface area contributed by atoms with Crippen LogP contribution in [-0.2, 0) is 13.0 Å². The maximum atomic E-state index is 6.19. The van der Waals surface area contributed by atoms with Crippen molar-refractivity contribution in [2.45, 2.75) is 13.0 Å². The second kappa shape index (κ2) is 7.39. The molecule has 6 heteroatoms. The third-order valence-electron chi connectivity index (χ3n) is 3.33. The van der Waals surface area contributed by atoms with Gasteiger partial charge in [-0.15, -0.1) is 0 Å². The molecule has 0 spiro atoms. The summed E-state index contributed by atoms with van der Waals surface area (Å²) in [5.74, 6) is 1.69. The van der Waals surface area contributed by atoms with Gasteiger partial charge in [0, 0.05) is 44.5 Å². The van der Waals surface area contributed by atoms with Crippen molar-refractivity contribution in [3.63, 3.8) is 0 Å². The van der Waals surface area contributed by atoms with Gasteiger partial charge in [0.05, 0.1) is 0 Å². The molecule has 1 N–H and O–H groups in total. The summed E-state index contributed by atoms with van der Waals surface area (Å²) in [6.07, 6.45) is 4.21. The van der Waals surface area contributed by atoms with E-state index in [-0.39, 0.29) is 0 Å². The Morgan fingerprint density at radius 2 is 1.96 bits per heavy atom. The van der Waals surface area contributed by atoms with E-state index >= 15 is 0 Å². The van der Waals surface area contributed by atoms with E-state index in [2.05, 4.69) is 25.9 Å². The summed E-state index contributed by atoms with van der Waals surface area (Å²) >= 11 is 15.6. The summed E-state index contributed by atoms with van der Waals surface area (Å²) in [4.78, 5) is 7.37. The van der Waals surface area contributed by atoms with E-state index in [9.17, 15) is 0 Å². The zero-order valence-electron chi connectivity index (χ0n) is 12.0. The van der Waals surface area contributed by atoms with E-state index < -0.39 is 0 Å². The Balaban J connectivity index is 1.79. The minimum atomic E-state index is 0.378. The molecular weight excluding hydrogens is 399 g/mol. The van der Waals surface area contributed by atoms with E-state index in [1.54, 1.807) is 24.5 Å². The van der Waals surface area contributed by atoms with Gasteiger partial charge in [0.1, 0.15) is 18.2 Å². The van der Waals surface area contributed by atoms with Crippen molar-refractivity contribution in [1.29, 1.82) is 0 Å². The Morgan fingerprint density at radius 1 is 1.09 bits per heavy atom. The number of H-pyrrole nitrogens is 1. The van der Waals surface area contributed by atoms with Gasteiger partial charge in [-0.1, -0.05) is 45.2 Å². The molecule has 0 amide bonds. The molecule has 0 aliphatic carbocycles. The summed E-state index contributed by atoms with van der Waals surface area (Å²) in [5.41, 5.74) is 1.93. The molecule has 3 rings (SSSR count). The minimum absolute atomic E-state index is 0.378. The van der Waals surface area contributed by atoms with Crippen LogP contribution >= 0.6 is 39.1 Å². The molecule has 3 aromatic rings. The molecule has 0 radical (unpaired) electrons. The number of halogens is 3. The van der Waals surface area contributed by atoms with Crippen LogP contribution in [0.4, 0.5) is 0 Å². The monoisotopic (exact) mass is 410 g/mol. The smallest absolute Gasteiger partial charge is 0.123 e. The maximum absolute atomic E-state index is 6.19. The predicted octanol–water partition coefficient (Wildman–Crippen LogP) is 5.65. The van der Waals surface area contributed by atoms with Gasteiger partial charge in [-0.25, -0.2) is 4.98 Å². The zero-order chi connectivity index (χ0) is 16.2. The highest BCUT2D eigenvalue weighted by Gasteiger charge is 2.09. The van der Waals surface area contributed by atoms with E-state index in [4.69, 9.17) is 27.9 Å². The summed E-state index contributed by atoms with van der Waals surface area (Å²) in [7, 11) is 0. The maximum Gasteiger partial charge on any atom is 0.123 e. The number of aromatic nitrogens is 2. The van der Waals surface area contributed by atoms with Crippen LogP contribution in [0, 0.1) is 0 Å². The molecule has 118 valence electrons. The number of imidazole rings is 1. The third kappa shape index (κ3) is 4.28. The number of benzene rings is 2. The van der Waals surface area contributed by atoms with Crippen molar-refractivity contribution >= 4 is 39.1 Å². The molecule has 0 saturated carbocycles. The third-order valence-corrected chi connectivity index (χ3v) is 4.41. The molecule has 0 fully saturated rings. The average molecular weight is 412 g/mol. The van der Waals surface area contributed by atoms with Crippen molar-refractivity contribution in [2.75, 3.05) is 0 Å². The molecule has 1 aromatic heterocycles. The SMILES string of the molecule is Clc1ccc(COc2ccc(Br)cc2Cc2ncc[nH]2)c(Cl)c1. The van der Waals surface area contributed by atoms with Gasteiger partial charge >= 0.3 is 0 Å². The molecule has 1 heterocycles. The number of aromatic amines is 1. The molecule has 2 aromatic carbocycles. The predicted molar refractivity (Wildman–Crippen MR) is 96.3 cm³/mol. The summed E-state index contributed by atoms with van der Waals surface area (Å²) in [6, 6.07) is 11.3. The van der Waals surface area contributed by atoms with Crippen molar-refractivity contribution in [3.05, 3.63) is 80.3 Å². The Labute approximate surface area is 152 Å². The van der Waals surface area contributed by atoms with Crippen LogP contribution in [-0.4, -0.2) is 9.97 Å². The van der Waals surface area contributed by atoms with Gasteiger partial charge in [0.2, 0.25) is 0 Å². The second-order valence-electron chi connectivity index (χ2n) is 4.99. The molecular formula is C17H13BrCl2N2O. The van der Waals surface area contributed by atoms with Crippen LogP contribution in [0.2, 0.25) is 10.0 Å². The van der Waals surface area contributed by atoms with Crippen LogP contribution in [0.3, 0.4) is 0 Å². The van der Waals surface area contributed by atoms with Crippen LogP contribution in [0.25, 0.3) is 0 Å². The number of rotatable bonds is 5. The van der Waals surface area contributed by atoms with Crippen LogP contribution < -0.4 is 4.74 Å². The Morgan fingerprint density at radius 3 is 2.70 bits per heavy atom. The molecule has 0 aliphatic heterocycles. The first-order chi connectivity index (χ1) is 11.1. The Hall–Kier alpha value is -1.49. The highest BCUT2D eigenvalue weighted by atomic mass is 79.9. The number of hydrogen-bond donors (Lipinski definition) is 1. The molecule has 0 saturated heterocycles. The van der Waals surface area contributed by atoms with E-state index in [0.29, 0.717) is 23.1 Å². The first-order valence-electron chi connectivity index (χ1n) is 6.95. The van der Waals surface area contributed by atoms with E-state index in [1.165, 1.54) is 0 Å². The van der Waals surface area contributed by atoms with Crippen LogP contribution in [0.1, 0.15) is 17.0 Å². The van der Waals surface area contributed by atoms with E-state index in [1.807, 2.05) is 24.3 Å². The minimum Gasteiger partial charge on any atom is -0.489 e. The highest BCUT2D eigenvalue weighted by Crippen LogP contribution is 2.27. The molecule has 0 aliphatic rings. The van der Waals surface area contributed by atoms with Gasteiger partial charge in [0.25, 0.3) is 0 Å². The lowest BCUT2D eigenvalue weighted by Gasteiger charge is -2.12. The number of nitrogens with zero attached hydrogens (tertiary/aromatic N) is 1. The fourth-order valence-electron chi connectivity index (χ4n) is 2.20. The quantitative estimate of drug-likeness (QED) is 0.589. The van der Waals surface area contributed by atoms with Gasteiger partial charge in [-0.3, -0.25) is 0 Å². The normalized spacial score (nSPS) is 10.7. The van der Waals surface area contributed by atoms with Gasteiger partial charge in [0.15, 0.2) is 0 Å². The van der Waals surface area contributed by atoms with Crippen molar-refractivity contribution < 1.29 is 4.74 Å². The zero-order valence-corrected chi connectivity index (χ0v) is 15.1. The molecule has 0 bridgehead atoms. The first kappa shape index (κ1) is 16.4. The van der Waals surface area contributed by atoms with Crippen molar-refractivity contribution in [3.8, 4) is 5.75 Å². The number of hydrogen-bond acceptors (Lipinski definition) is 2. The molecule has 0 unspecified atom stereocenters. The largest absolute Gasteiger partial charge is 0.489 e. The average Bonchev–Trinajstić information content (AvgIpc) is 3.01. The lowest BCUT2D eigenvalue weighted by molar-refractivity contribution is 0.303. The number of nitrogens with one attached hydrogen (secondary N) is 1. The fraction of sp³-hybridized carbons (Fsp3) is 0.118. The van der Waals surface area contributed by atoms with Gasteiger partial charge in [-0.05, 0) is 30.3 Å². The molecule has 0 atom stereocenters. The summed E-state index contributed by atoms with van der Waals surface area (Å²) in [5, 5.41) is 1.21. The van der Waals surface area contributed by atoms with E-state index in [0.717, 1.165) is 27.2 Å².